The molecule has 0 saturated heterocycles. The fraction of sp³-hybridized carbons (Fsp3) is 0.235. The summed E-state index contributed by atoms with van der Waals surface area (Å²) in [6.45, 7) is 1.85. The van der Waals surface area contributed by atoms with Gasteiger partial charge in [-0.1, -0.05) is 36.4 Å². The maximum Gasteiger partial charge on any atom is 0.343 e. The second-order valence-corrected chi connectivity index (χ2v) is 12.9. The molecule has 13 heteroatoms. The molecule has 0 amide bonds. The second kappa shape index (κ2) is 13.4. The molecule has 4 aromatic rings. The van der Waals surface area contributed by atoms with Gasteiger partial charge in [0.05, 0.1) is 38.3 Å². The summed E-state index contributed by atoms with van der Waals surface area (Å²) < 4.78 is 10.8. The number of non-ortho nitro benzene ring substituents is 1. The third-order valence-corrected chi connectivity index (χ3v) is 10.6. The standard InChI is InChI=1S/C34H28ClN3O8S/c1-2-45-34(40)22-7-3-5-9-27(22)46-33(39)20-13-16-25-23(17-20)30-24(32(36-25)19-11-14-21(15-12-19)37(41)42)18-29(31(30)35)47-28-10-6-4-8-26(28)38(43)44/h3-17,24,29-32,36H,2,18H2,1H3. The van der Waals surface area contributed by atoms with Gasteiger partial charge in [-0.05, 0) is 66.8 Å². The molecular formula is C34H28ClN3O8S. The van der Waals surface area contributed by atoms with Crippen molar-refractivity contribution < 1.29 is 28.9 Å². The summed E-state index contributed by atoms with van der Waals surface area (Å²) in [6, 6.07) is 24.1. The Kier molecular flexibility index (Phi) is 9.15. The molecule has 5 unspecified atom stereocenters. The number of rotatable bonds is 9. The van der Waals surface area contributed by atoms with E-state index in [0.29, 0.717) is 11.3 Å². The highest BCUT2D eigenvalue weighted by Gasteiger charge is 2.50. The molecule has 6 rings (SSSR count). The number of esters is 2. The summed E-state index contributed by atoms with van der Waals surface area (Å²) in [6.07, 6.45) is 0.575. The Morgan fingerprint density at radius 1 is 0.936 bits per heavy atom. The lowest BCUT2D eigenvalue weighted by molar-refractivity contribution is -0.387. The van der Waals surface area contributed by atoms with Crippen molar-refractivity contribution in [1.82, 2.24) is 0 Å². The molecule has 1 heterocycles. The molecule has 1 fully saturated rings. The predicted octanol–water partition coefficient (Wildman–Crippen LogP) is 7.94. The quantitative estimate of drug-likeness (QED) is 0.0609. The van der Waals surface area contributed by atoms with Crippen LogP contribution in [-0.4, -0.2) is 39.0 Å². The zero-order valence-electron chi connectivity index (χ0n) is 24.9. The SMILES string of the molecule is CCOC(=O)c1ccccc1OC(=O)c1ccc2c(c1)C1C(Cl)C(Sc3ccccc3[N+](=O)[O-])CC1C(c1ccc([N+](=O)[O-])cc1)N2. The third-order valence-electron chi connectivity index (χ3n) is 8.44. The summed E-state index contributed by atoms with van der Waals surface area (Å²) in [5.41, 5.74) is 2.69. The Labute approximate surface area is 278 Å². The third kappa shape index (κ3) is 6.38. The van der Waals surface area contributed by atoms with E-state index >= 15 is 0 Å². The monoisotopic (exact) mass is 673 g/mol. The number of carbonyl (C=O) groups excluding carboxylic acids is 2. The number of alkyl halides is 1. The lowest BCUT2D eigenvalue weighted by atomic mass is 9.77. The highest BCUT2D eigenvalue weighted by Crippen LogP contribution is 2.58. The van der Waals surface area contributed by atoms with Gasteiger partial charge in [0.25, 0.3) is 11.4 Å². The maximum absolute atomic E-state index is 13.4. The minimum absolute atomic E-state index is 0.00480. The Morgan fingerprint density at radius 2 is 1.66 bits per heavy atom. The lowest BCUT2D eigenvalue weighted by Crippen LogP contribution is -2.31. The number of ether oxygens (including phenoxy) is 2. The van der Waals surface area contributed by atoms with Crippen LogP contribution >= 0.6 is 23.4 Å². The number of para-hydroxylation sites is 2. The van der Waals surface area contributed by atoms with Crippen LogP contribution in [0.1, 0.15) is 57.1 Å². The number of thioether (sulfide) groups is 1. The van der Waals surface area contributed by atoms with Gasteiger partial charge in [-0.25, -0.2) is 9.59 Å². The number of benzene rings is 4. The minimum atomic E-state index is -0.673. The molecule has 0 aromatic heterocycles. The highest BCUT2D eigenvalue weighted by atomic mass is 35.5. The van der Waals surface area contributed by atoms with Crippen LogP contribution in [0.15, 0.2) is 95.9 Å². The molecule has 2 aliphatic rings. The van der Waals surface area contributed by atoms with Gasteiger partial charge in [-0.2, -0.15) is 0 Å². The molecule has 0 radical (unpaired) electrons. The van der Waals surface area contributed by atoms with Crippen LogP contribution in [0.5, 0.6) is 5.75 Å². The molecule has 1 aliphatic heterocycles. The average molecular weight is 674 g/mol. The number of fused-ring (bicyclic) bond motifs is 3. The van der Waals surface area contributed by atoms with Crippen molar-refractivity contribution in [2.24, 2.45) is 5.92 Å². The number of hydrogen-bond acceptors (Lipinski definition) is 10. The minimum Gasteiger partial charge on any atom is -0.462 e. The number of nitro groups is 2. The number of nitrogens with zero attached hydrogens (tertiary/aromatic N) is 2. The number of nitro benzene ring substituents is 2. The van der Waals surface area contributed by atoms with Crippen LogP contribution in [-0.2, 0) is 4.74 Å². The number of anilines is 1. The van der Waals surface area contributed by atoms with E-state index in [1.54, 1.807) is 67.6 Å². The first-order valence-corrected chi connectivity index (χ1v) is 16.1. The molecule has 11 nitrogen and oxygen atoms in total. The van der Waals surface area contributed by atoms with Crippen LogP contribution in [0.3, 0.4) is 0 Å². The van der Waals surface area contributed by atoms with Crippen molar-refractivity contribution in [2.45, 2.75) is 40.8 Å². The van der Waals surface area contributed by atoms with Gasteiger partial charge in [-0.15, -0.1) is 23.4 Å². The Morgan fingerprint density at radius 3 is 2.38 bits per heavy atom. The first kappa shape index (κ1) is 32.0. The molecule has 1 saturated carbocycles. The van der Waals surface area contributed by atoms with Gasteiger partial charge in [0.1, 0.15) is 11.3 Å². The van der Waals surface area contributed by atoms with E-state index in [-0.39, 0.29) is 58.0 Å². The fourth-order valence-corrected chi connectivity index (χ4v) is 8.28. The van der Waals surface area contributed by atoms with E-state index in [2.05, 4.69) is 5.32 Å². The van der Waals surface area contributed by atoms with Gasteiger partial charge in [-0.3, -0.25) is 20.2 Å². The van der Waals surface area contributed by atoms with Gasteiger partial charge >= 0.3 is 11.9 Å². The maximum atomic E-state index is 13.4. The molecule has 1 aliphatic carbocycles. The van der Waals surface area contributed by atoms with Crippen molar-refractivity contribution >= 4 is 52.4 Å². The fourth-order valence-electron chi connectivity index (χ4n) is 6.34. The van der Waals surface area contributed by atoms with E-state index in [9.17, 15) is 29.8 Å². The van der Waals surface area contributed by atoms with E-state index in [1.807, 2.05) is 0 Å². The Bertz CT molecular complexity index is 1870. The summed E-state index contributed by atoms with van der Waals surface area (Å²) in [4.78, 5) is 48.6. The Balaban J connectivity index is 1.35. The van der Waals surface area contributed by atoms with Crippen LogP contribution in [0.2, 0.25) is 0 Å². The molecule has 0 spiro atoms. The van der Waals surface area contributed by atoms with E-state index in [1.165, 1.54) is 42.1 Å². The van der Waals surface area contributed by atoms with E-state index in [4.69, 9.17) is 21.1 Å². The second-order valence-electron chi connectivity index (χ2n) is 11.1. The number of carbonyl (C=O) groups is 2. The number of halogens is 1. The summed E-state index contributed by atoms with van der Waals surface area (Å²) in [5.74, 6) is -1.62. The van der Waals surface area contributed by atoms with Gasteiger partial charge in [0, 0.05) is 35.1 Å². The van der Waals surface area contributed by atoms with Gasteiger partial charge in [0.15, 0.2) is 0 Å². The van der Waals surface area contributed by atoms with Crippen molar-refractivity contribution in [3.05, 3.63) is 133 Å². The molecule has 4 aromatic carbocycles. The van der Waals surface area contributed by atoms with E-state index < -0.39 is 27.2 Å². The van der Waals surface area contributed by atoms with Crippen LogP contribution in [0.25, 0.3) is 0 Å². The van der Waals surface area contributed by atoms with Crippen LogP contribution in [0, 0.1) is 26.1 Å². The smallest absolute Gasteiger partial charge is 0.343 e. The number of hydrogen-bond donors (Lipinski definition) is 1. The normalized spacial score (nSPS) is 21.1. The zero-order valence-corrected chi connectivity index (χ0v) is 26.5. The molecule has 240 valence electrons. The predicted molar refractivity (Wildman–Crippen MR) is 176 cm³/mol. The van der Waals surface area contributed by atoms with Crippen molar-refractivity contribution in [2.75, 3.05) is 11.9 Å². The average Bonchev–Trinajstić information content (AvgIpc) is 3.40. The van der Waals surface area contributed by atoms with Crippen LogP contribution < -0.4 is 10.1 Å². The molecule has 1 N–H and O–H groups in total. The number of nitrogens with one attached hydrogen (secondary N) is 1. The summed E-state index contributed by atoms with van der Waals surface area (Å²) >= 11 is 8.61. The largest absolute Gasteiger partial charge is 0.462 e. The van der Waals surface area contributed by atoms with Crippen molar-refractivity contribution in [3.63, 3.8) is 0 Å². The van der Waals surface area contributed by atoms with Crippen LogP contribution in [0.4, 0.5) is 17.1 Å². The molecule has 5 atom stereocenters. The summed E-state index contributed by atoms with van der Waals surface area (Å²) in [7, 11) is 0. The first-order chi connectivity index (χ1) is 22.7. The zero-order chi connectivity index (χ0) is 33.2. The molecule has 47 heavy (non-hydrogen) atoms. The highest BCUT2D eigenvalue weighted by molar-refractivity contribution is 8.00. The Hall–Kier alpha value is -4.94. The molecular weight excluding hydrogens is 646 g/mol. The lowest BCUT2D eigenvalue weighted by Gasteiger charge is -2.38. The molecule has 0 bridgehead atoms. The van der Waals surface area contributed by atoms with E-state index in [0.717, 1.165) is 16.8 Å². The van der Waals surface area contributed by atoms with Gasteiger partial charge in [0.2, 0.25) is 0 Å². The van der Waals surface area contributed by atoms with Crippen molar-refractivity contribution in [3.8, 4) is 5.75 Å². The van der Waals surface area contributed by atoms with Crippen molar-refractivity contribution in [1.29, 1.82) is 0 Å². The van der Waals surface area contributed by atoms with Gasteiger partial charge < -0.3 is 14.8 Å². The first-order valence-electron chi connectivity index (χ1n) is 14.8. The summed E-state index contributed by atoms with van der Waals surface area (Å²) in [5, 5.41) is 25.9. The topological polar surface area (TPSA) is 151 Å².